The van der Waals surface area contributed by atoms with Crippen LogP contribution in [0.4, 0.5) is 18.9 Å². The minimum absolute atomic E-state index is 0.121. The van der Waals surface area contributed by atoms with Crippen molar-refractivity contribution in [1.82, 2.24) is 0 Å². The van der Waals surface area contributed by atoms with Gasteiger partial charge in [-0.2, -0.15) is 13.2 Å². The van der Waals surface area contributed by atoms with E-state index >= 15 is 0 Å². The monoisotopic (exact) mass is 246 g/mol. The van der Waals surface area contributed by atoms with Gasteiger partial charge in [-0.05, 0) is 45.0 Å². The van der Waals surface area contributed by atoms with E-state index in [1.807, 2.05) is 20.8 Å². The molecule has 0 aliphatic rings. The highest BCUT2D eigenvalue weighted by atomic mass is 19.4. The van der Waals surface area contributed by atoms with E-state index in [-0.39, 0.29) is 11.6 Å². The van der Waals surface area contributed by atoms with Crippen LogP contribution in [0.3, 0.4) is 0 Å². The predicted molar refractivity (Wildman–Crippen MR) is 62.8 cm³/mol. The molecule has 0 aromatic heterocycles. The lowest BCUT2D eigenvalue weighted by molar-refractivity contribution is -0.137. The number of halogens is 3. The average molecular weight is 246 g/mol. The highest BCUT2D eigenvalue weighted by molar-refractivity contribution is 5.47. The van der Waals surface area contributed by atoms with E-state index in [4.69, 9.17) is 5.73 Å². The van der Waals surface area contributed by atoms with Gasteiger partial charge in [0.1, 0.15) is 0 Å². The van der Waals surface area contributed by atoms with Crippen LogP contribution in [-0.2, 0) is 6.18 Å². The lowest BCUT2D eigenvalue weighted by atomic mass is 9.96. The molecule has 0 saturated carbocycles. The van der Waals surface area contributed by atoms with Gasteiger partial charge in [-0.15, -0.1) is 0 Å². The normalized spacial score (nSPS) is 14.5. The summed E-state index contributed by atoms with van der Waals surface area (Å²) in [7, 11) is 0. The summed E-state index contributed by atoms with van der Waals surface area (Å²) in [4.78, 5) is 0. The molecule has 5 heteroatoms. The fourth-order valence-corrected chi connectivity index (χ4v) is 1.23. The summed E-state index contributed by atoms with van der Waals surface area (Å²) >= 11 is 0. The Labute approximate surface area is 99.0 Å². The summed E-state index contributed by atoms with van der Waals surface area (Å²) in [6.45, 7) is 5.64. The van der Waals surface area contributed by atoms with E-state index in [9.17, 15) is 13.2 Å². The maximum Gasteiger partial charge on any atom is 0.416 e. The van der Waals surface area contributed by atoms with Gasteiger partial charge < -0.3 is 11.1 Å². The van der Waals surface area contributed by atoms with Crippen LogP contribution in [-0.4, -0.2) is 11.6 Å². The van der Waals surface area contributed by atoms with Gasteiger partial charge in [0.2, 0.25) is 0 Å². The van der Waals surface area contributed by atoms with E-state index in [0.29, 0.717) is 5.69 Å². The van der Waals surface area contributed by atoms with Gasteiger partial charge >= 0.3 is 6.18 Å². The summed E-state index contributed by atoms with van der Waals surface area (Å²) in [5.74, 6) is 0. The van der Waals surface area contributed by atoms with Crippen molar-refractivity contribution in [2.75, 3.05) is 5.32 Å². The van der Waals surface area contributed by atoms with Crippen molar-refractivity contribution in [3.8, 4) is 0 Å². The largest absolute Gasteiger partial charge is 0.416 e. The van der Waals surface area contributed by atoms with Crippen molar-refractivity contribution in [3.63, 3.8) is 0 Å². The Bertz CT molecular complexity index is 366. The molecule has 0 amide bonds. The zero-order valence-electron chi connectivity index (χ0n) is 10.1. The van der Waals surface area contributed by atoms with Crippen LogP contribution in [0.5, 0.6) is 0 Å². The van der Waals surface area contributed by atoms with Gasteiger partial charge in [0.15, 0.2) is 0 Å². The Morgan fingerprint density at radius 2 is 1.59 bits per heavy atom. The molecule has 0 radical (unpaired) electrons. The lowest BCUT2D eigenvalue weighted by Gasteiger charge is -2.31. The molecule has 0 saturated heterocycles. The minimum atomic E-state index is -4.30. The zero-order valence-corrected chi connectivity index (χ0v) is 10.1. The van der Waals surface area contributed by atoms with Crippen LogP contribution < -0.4 is 11.1 Å². The second-order valence-electron chi connectivity index (χ2n) is 4.71. The van der Waals surface area contributed by atoms with Crippen molar-refractivity contribution in [3.05, 3.63) is 29.8 Å². The molecule has 1 rings (SSSR count). The topological polar surface area (TPSA) is 38.0 Å². The van der Waals surface area contributed by atoms with Crippen molar-refractivity contribution in [2.45, 2.75) is 38.5 Å². The highest BCUT2D eigenvalue weighted by Gasteiger charge is 2.30. The van der Waals surface area contributed by atoms with Gasteiger partial charge in [-0.3, -0.25) is 0 Å². The van der Waals surface area contributed by atoms with Gasteiger partial charge in [-0.25, -0.2) is 0 Å². The van der Waals surface area contributed by atoms with E-state index in [1.54, 1.807) is 0 Å². The molecule has 96 valence electrons. The standard InChI is InChI=1S/C12H17F3N2/c1-8(16)11(2,3)17-10-6-4-9(5-7-10)12(13,14)15/h4-8,17H,16H2,1-3H3. The molecule has 17 heavy (non-hydrogen) atoms. The Balaban J connectivity index is 2.83. The zero-order chi connectivity index (χ0) is 13.3. The fourth-order valence-electron chi connectivity index (χ4n) is 1.23. The maximum absolute atomic E-state index is 12.3. The van der Waals surface area contributed by atoms with Crippen LogP contribution in [0.2, 0.25) is 0 Å². The molecule has 1 aromatic carbocycles. The van der Waals surface area contributed by atoms with Gasteiger partial charge in [-0.1, -0.05) is 0 Å². The Hall–Kier alpha value is -1.23. The number of nitrogens with two attached hydrogens (primary N) is 1. The third kappa shape index (κ3) is 3.63. The van der Waals surface area contributed by atoms with Gasteiger partial charge in [0.05, 0.1) is 5.56 Å². The quantitative estimate of drug-likeness (QED) is 0.859. The lowest BCUT2D eigenvalue weighted by Crippen LogP contribution is -2.47. The summed E-state index contributed by atoms with van der Waals surface area (Å²) in [6, 6.07) is 4.81. The molecule has 0 fully saturated rings. The van der Waals surface area contributed by atoms with Crippen molar-refractivity contribution in [1.29, 1.82) is 0 Å². The second kappa shape index (κ2) is 4.56. The smallest absolute Gasteiger partial charge is 0.379 e. The van der Waals surface area contributed by atoms with Crippen LogP contribution >= 0.6 is 0 Å². The number of rotatable bonds is 3. The Morgan fingerprint density at radius 3 is 1.94 bits per heavy atom. The van der Waals surface area contributed by atoms with Crippen LogP contribution in [0.15, 0.2) is 24.3 Å². The van der Waals surface area contributed by atoms with Crippen molar-refractivity contribution in [2.24, 2.45) is 5.73 Å². The summed E-state index contributed by atoms with van der Waals surface area (Å²) < 4.78 is 37.0. The number of hydrogen-bond acceptors (Lipinski definition) is 2. The molecular formula is C12H17F3N2. The first-order valence-electron chi connectivity index (χ1n) is 5.34. The van der Waals surface area contributed by atoms with Crippen LogP contribution in [0.25, 0.3) is 0 Å². The van der Waals surface area contributed by atoms with E-state index in [2.05, 4.69) is 5.32 Å². The maximum atomic E-state index is 12.3. The number of anilines is 1. The molecule has 1 aromatic rings. The number of alkyl halides is 3. The third-order valence-electron chi connectivity index (χ3n) is 2.82. The van der Waals surface area contributed by atoms with E-state index in [1.165, 1.54) is 12.1 Å². The molecule has 1 atom stereocenters. The van der Waals surface area contributed by atoms with Crippen LogP contribution in [0, 0.1) is 0 Å². The van der Waals surface area contributed by atoms with Crippen LogP contribution in [0.1, 0.15) is 26.3 Å². The first kappa shape index (κ1) is 13.8. The molecule has 0 heterocycles. The second-order valence-corrected chi connectivity index (χ2v) is 4.71. The van der Waals surface area contributed by atoms with Crippen molar-refractivity contribution >= 4 is 5.69 Å². The Morgan fingerprint density at radius 1 is 1.12 bits per heavy atom. The molecule has 0 bridgehead atoms. The van der Waals surface area contributed by atoms with Crippen molar-refractivity contribution < 1.29 is 13.2 Å². The summed E-state index contributed by atoms with van der Waals surface area (Å²) in [5.41, 5.74) is 5.37. The average Bonchev–Trinajstić information content (AvgIpc) is 2.16. The number of benzene rings is 1. The van der Waals surface area contributed by atoms with Gasteiger partial charge in [0.25, 0.3) is 0 Å². The highest BCUT2D eigenvalue weighted by Crippen LogP contribution is 2.30. The molecule has 0 spiro atoms. The SMILES string of the molecule is CC(N)C(C)(C)Nc1ccc(C(F)(F)F)cc1. The molecule has 0 aliphatic carbocycles. The molecule has 1 unspecified atom stereocenters. The number of nitrogens with one attached hydrogen (secondary N) is 1. The van der Waals surface area contributed by atoms with E-state index in [0.717, 1.165) is 12.1 Å². The first-order chi connectivity index (χ1) is 7.63. The molecule has 0 aliphatic heterocycles. The molecule has 2 nitrogen and oxygen atoms in total. The van der Waals surface area contributed by atoms with E-state index < -0.39 is 11.7 Å². The third-order valence-corrected chi connectivity index (χ3v) is 2.82. The minimum Gasteiger partial charge on any atom is -0.379 e. The fraction of sp³-hybridized carbons (Fsp3) is 0.500. The van der Waals surface area contributed by atoms with Gasteiger partial charge in [0, 0.05) is 17.3 Å². The number of hydrogen-bond donors (Lipinski definition) is 2. The molecular weight excluding hydrogens is 229 g/mol. The molecule has 3 N–H and O–H groups in total. The Kier molecular flexibility index (Phi) is 3.71. The summed E-state index contributed by atoms with van der Waals surface area (Å²) in [5, 5.41) is 3.10. The first-order valence-corrected chi connectivity index (χ1v) is 5.34. The summed E-state index contributed by atoms with van der Waals surface area (Å²) in [6.07, 6.45) is -4.30. The predicted octanol–water partition coefficient (Wildman–Crippen LogP) is 3.24.